The maximum atomic E-state index is 12.4. The summed E-state index contributed by atoms with van der Waals surface area (Å²) in [5, 5.41) is 8.17. The van der Waals surface area contributed by atoms with Gasteiger partial charge in [-0.3, -0.25) is 14.4 Å². The summed E-state index contributed by atoms with van der Waals surface area (Å²) < 4.78 is 0. The largest absolute Gasteiger partial charge is 0.351 e. The predicted octanol–water partition coefficient (Wildman–Crippen LogP) is 2.52. The monoisotopic (exact) mass is 319 g/mol. The smallest absolute Gasteiger partial charge is 0.239 e. The van der Waals surface area contributed by atoms with Crippen molar-refractivity contribution in [3.8, 4) is 0 Å². The first-order valence-corrected chi connectivity index (χ1v) is 7.43. The van der Waals surface area contributed by atoms with E-state index in [0.29, 0.717) is 11.4 Å². The van der Waals surface area contributed by atoms with E-state index >= 15 is 0 Å². The molecule has 0 spiro atoms. The Hall–Kier alpha value is -2.37. The van der Waals surface area contributed by atoms with E-state index in [-0.39, 0.29) is 11.8 Å². The van der Waals surface area contributed by atoms with Crippen LogP contribution in [0.25, 0.3) is 0 Å². The Labute approximate surface area is 137 Å². The van der Waals surface area contributed by atoms with E-state index in [9.17, 15) is 14.4 Å². The molecule has 126 valence electrons. The first kappa shape index (κ1) is 18.7. The van der Waals surface area contributed by atoms with Crippen LogP contribution in [0.4, 0.5) is 11.4 Å². The second-order valence-corrected chi connectivity index (χ2v) is 7.04. The van der Waals surface area contributed by atoms with E-state index in [4.69, 9.17) is 0 Å². The Balaban J connectivity index is 2.77. The summed E-state index contributed by atoms with van der Waals surface area (Å²) in [6, 6.07) is 6.69. The van der Waals surface area contributed by atoms with Crippen molar-refractivity contribution >= 4 is 29.1 Å². The van der Waals surface area contributed by atoms with Crippen LogP contribution >= 0.6 is 0 Å². The van der Waals surface area contributed by atoms with Gasteiger partial charge in [0.05, 0.1) is 0 Å². The summed E-state index contributed by atoms with van der Waals surface area (Å²) in [4.78, 5) is 35.6. The highest BCUT2D eigenvalue weighted by Gasteiger charge is 2.37. The highest BCUT2D eigenvalue weighted by molar-refractivity contribution is 6.10. The van der Waals surface area contributed by atoms with Gasteiger partial charge in [-0.2, -0.15) is 0 Å². The van der Waals surface area contributed by atoms with Crippen LogP contribution in [0.15, 0.2) is 24.3 Å². The maximum absolute atomic E-state index is 12.4. The number of nitrogens with one attached hydrogen (secondary N) is 3. The van der Waals surface area contributed by atoms with Crippen molar-refractivity contribution in [3.63, 3.8) is 0 Å². The number of hydrogen-bond donors (Lipinski definition) is 3. The zero-order chi connectivity index (χ0) is 17.8. The van der Waals surface area contributed by atoms with Crippen LogP contribution in [0, 0.1) is 5.41 Å². The second-order valence-electron chi connectivity index (χ2n) is 7.04. The average Bonchev–Trinajstić information content (AvgIpc) is 2.38. The number of benzene rings is 1. The predicted molar refractivity (Wildman–Crippen MR) is 91.1 cm³/mol. The fourth-order valence-electron chi connectivity index (χ4n) is 1.73. The lowest BCUT2D eigenvalue weighted by Gasteiger charge is -2.28. The second kappa shape index (κ2) is 6.81. The SMILES string of the molecule is CC(=O)Nc1ccc(NC(=O)C(C)(C)C(=O)NC(C)(C)C)cc1. The van der Waals surface area contributed by atoms with Gasteiger partial charge in [0.15, 0.2) is 0 Å². The zero-order valence-corrected chi connectivity index (χ0v) is 14.5. The number of carbonyl (C=O) groups excluding carboxylic acids is 3. The molecular weight excluding hydrogens is 294 g/mol. The molecule has 0 aromatic heterocycles. The number of hydrogen-bond acceptors (Lipinski definition) is 3. The topological polar surface area (TPSA) is 87.3 Å². The lowest BCUT2D eigenvalue weighted by atomic mass is 9.89. The molecule has 1 aromatic rings. The van der Waals surface area contributed by atoms with Crippen molar-refractivity contribution in [2.75, 3.05) is 10.6 Å². The van der Waals surface area contributed by atoms with Gasteiger partial charge in [-0.15, -0.1) is 0 Å². The van der Waals surface area contributed by atoms with Gasteiger partial charge in [0.2, 0.25) is 17.7 Å². The molecule has 6 nitrogen and oxygen atoms in total. The van der Waals surface area contributed by atoms with E-state index < -0.39 is 16.9 Å². The van der Waals surface area contributed by atoms with Gasteiger partial charge in [0.25, 0.3) is 0 Å². The quantitative estimate of drug-likeness (QED) is 0.745. The van der Waals surface area contributed by atoms with Crippen LogP contribution in [-0.4, -0.2) is 23.3 Å². The molecule has 0 bridgehead atoms. The normalized spacial score (nSPS) is 11.6. The Morgan fingerprint density at radius 2 is 1.22 bits per heavy atom. The molecule has 1 aromatic carbocycles. The summed E-state index contributed by atoms with van der Waals surface area (Å²) in [7, 11) is 0. The zero-order valence-electron chi connectivity index (χ0n) is 14.5. The van der Waals surface area contributed by atoms with Crippen LogP contribution in [0.2, 0.25) is 0 Å². The lowest BCUT2D eigenvalue weighted by molar-refractivity contribution is -0.139. The van der Waals surface area contributed by atoms with Crippen LogP contribution in [0.5, 0.6) is 0 Å². The number of anilines is 2. The fourth-order valence-corrected chi connectivity index (χ4v) is 1.73. The fraction of sp³-hybridized carbons (Fsp3) is 0.471. The van der Waals surface area contributed by atoms with Crippen molar-refractivity contribution in [3.05, 3.63) is 24.3 Å². The van der Waals surface area contributed by atoms with E-state index in [1.54, 1.807) is 38.1 Å². The molecule has 6 heteroatoms. The Kier molecular flexibility index (Phi) is 5.53. The van der Waals surface area contributed by atoms with Gasteiger partial charge in [-0.05, 0) is 58.9 Å². The third-order valence-electron chi connectivity index (χ3n) is 3.09. The summed E-state index contributed by atoms with van der Waals surface area (Å²) in [6.07, 6.45) is 0. The molecule has 0 saturated carbocycles. The van der Waals surface area contributed by atoms with Gasteiger partial charge in [-0.25, -0.2) is 0 Å². The molecule has 0 saturated heterocycles. The van der Waals surface area contributed by atoms with Crippen LogP contribution < -0.4 is 16.0 Å². The lowest BCUT2D eigenvalue weighted by Crippen LogP contribution is -2.51. The summed E-state index contributed by atoms with van der Waals surface area (Å²) in [6.45, 7) is 10.2. The molecular formula is C17H25N3O3. The van der Waals surface area contributed by atoms with Crippen molar-refractivity contribution in [1.82, 2.24) is 5.32 Å². The minimum Gasteiger partial charge on any atom is -0.351 e. The summed E-state index contributed by atoms with van der Waals surface area (Å²) in [5.74, 6) is -0.898. The Morgan fingerprint density at radius 3 is 1.61 bits per heavy atom. The molecule has 0 heterocycles. The molecule has 0 fully saturated rings. The Bertz CT molecular complexity index is 599. The molecule has 1 rings (SSSR count). The van der Waals surface area contributed by atoms with Crippen molar-refractivity contribution in [2.45, 2.75) is 47.1 Å². The van der Waals surface area contributed by atoms with Gasteiger partial charge >= 0.3 is 0 Å². The minimum absolute atomic E-state index is 0.165. The van der Waals surface area contributed by atoms with Crippen molar-refractivity contribution < 1.29 is 14.4 Å². The highest BCUT2D eigenvalue weighted by atomic mass is 16.2. The van der Waals surface area contributed by atoms with Crippen molar-refractivity contribution in [2.24, 2.45) is 5.41 Å². The first-order valence-electron chi connectivity index (χ1n) is 7.43. The van der Waals surface area contributed by atoms with Crippen LogP contribution in [0.3, 0.4) is 0 Å². The van der Waals surface area contributed by atoms with E-state index in [0.717, 1.165) is 0 Å². The molecule has 3 N–H and O–H groups in total. The minimum atomic E-state index is -1.20. The molecule has 3 amide bonds. The van der Waals surface area contributed by atoms with E-state index in [1.807, 2.05) is 20.8 Å². The molecule has 0 aliphatic heterocycles. The van der Waals surface area contributed by atoms with Gasteiger partial charge < -0.3 is 16.0 Å². The average molecular weight is 319 g/mol. The maximum Gasteiger partial charge on any atom is 0.239 e. The number of amides is 3. The molecule has 0 radical (unpaired) electrons. The number of carbonyl (C=O) groups is 3. The third-order valence-corrected chi connectivity index (χ3v) is 3.09. The Morgan fingerprint density at radius 1 is 0.783 bits per heavy atom. The van der Waals surface area contributed by atoms with Gasteiger partial charge in [0.1, 0.15) is 5.41 Å². The van der Waals surface area contributed by atoms with Gasteiger partial charge in [0, 0.05) is 23.8 Å². The molecule has 0 aliphatic carbocycles. The highest BCUT2D eigenvalue weighted by Crippen LogP contribution is 2.21. The standard InChI is InChI=1S/C17H25N3O3/c1-11(21)18-12-7-9-13(10-8-12)19-14(22)17(5,6)15(23)20-16(2,3)4/h7-10H,1-6H3,(H,18,21)(H,19,22)(H,20,23). The molecule has 0 aliphatic rings. The third kappa shape index (κ3) is 5.73. The van der Waals surface area contributed by atoms with E-state index in [2.05, 4.69) is 16.0 Å². The summed E-state index contributed by atoms with van der Waals surface area (Å²) in [5.41, 5.74) is -0.418. The van der Waals surface area contributed by atoms with Crippen molar-refractivity contribution in [1.29, 1.82) is 0 Å². The molecule has 0 atom stereocenters. The van der Waals surface area contributed by atoms with E-state index in [1.165, 1.54) is 6.92 Å². The van der Waals surface area contributed by atoms with Crippen LogP contribution in [0.1, 0.15) is 41.5 Å². The van der Waals surface area contributed by atoms with Crippen LogP contribution in [-0.2, 0) is 14.4 Å². The first-order chi connectivity index (χ1) is 10.4. The molecule has 23 heavy (non-hydrogen) atoms. The van der Waals surface area contributed by atoms with Gasteiger partial charge in [-0.1, -0.05) is 0 Å². The molecule has 0 unspecified atom stereocenters. The summed E-state index contributed by atoms with van der Waals surface area (Å²) >= 11 is 0. The number of rotatable bonds is 4.